The molecular weight excluding hydrogens is 318 g/mol. The third-order valence-electron chi connectivity index (χ3n) is 4.26. The number of pyridine rings is 1. The molecule has 0 aliphatic rings. The molecule has 4 aromatic rings. The molecule has 4 rings (SSSR count). The predicted octanol–water partition coefficient (Wildman–Crippen LogP) is 2.59. The van der Waals surface area contributed by atoms with Gasteiger partial charge in [-0.05, 0) is 30.2 Å². The smallest absolute Gasteiger partial charge is 0.352 e. The van der Waals surface area contributed by atoms with Crippen LogP contribution >= 0.6 is 0 Å². The second-order valence-corrected chi connectivity index (χ2v) is 5.81. The first kappa shape index (κ1) is 15.1. The van der Waals surface area contributed by atoms with Crippen molar-refractivity contribution in [2.75, 3.05) is 0 Å². The Bertz CT molecular complexity index is 1140. The molecule has 0 aliphatic carbocycles. The van der Waals surface area contributed by atoms with Crippen LogP contribution in [0.5, 0.6) is 0 Å². The number of nitrogens with zero attached hydrogens (tertiary/aromatic N) is 3. The van der Waals surface area contributed by atoms with E-state index in [-0.39, 0.29) is 11.3 Å². The van der Waals surface area contributed by atoms with Crippen LogP contribution in [0.2, 0.25) is 0 Å². The molecule has 0 spiro atoms. The van der Waals surface area contributed by atoms with E-state index in [9.17, 15) is 14.7 Å². The summed E-state index contributed by atoms with van der Waals surface area (Å²) in [6, 6.07) is 16.5. The van der Waals surface area contributed by atoms with Crippen LogP contribution in [0, 0.1) is 0 Å². The van der Waals surface area contributed by atoms with Crippen molar-refractivity contribution < 1.29 is 9.90 Å². The lowest BCUT2D eigenvalue weighted by Crippen LogP contribution is -2.15. The first-order chi connectivity index (χ1) is 12.1. The van der Waals surface area contributed by atoms with Crippen molar-refractivity contribution in [1.82, 2.24) is 14.0 Å². The Morgan fingerprint density at radius 1 is 1.08 bits per heavy atom. The minimum absolute atomic E-state index is 0.0754. The maximum Gasteiger partial charge on any atom is 0.352 e. The quantitative estimate of drug-likeness (QED) is 0.623. The topological polar surface area (TPSA) is 76.6 Å². The Morgan fingerprint density at radius 2 is 1.84 bits per heavy atom. The van der Waals surface area contributed by atoms with E-state index < -0.39 is 5.97 Å². The van der Waals surface area contributed by atoms with Crippen molar-refractivity contribution in [3.8, 4) is 0 Å². The Morgan fingerprint density at radius 3 is 2.60 bits per heavy atom. The molecule has 0 fully saturated rings. The first-order valence-corrected chi connectivity index (χ1v) is 7.93. The summed E-state index contributed by atoms with van der Waals surface area (Å²) in [5.74, 6) is -1.07. The highest BCUT2D eigenvalue weighted by Gasteiger charge is 2.18. The van der Waals surface area contributed by atoms with Crippen LogP contribution in [0.15, 0.2) is 65.6 Å². The van der Waals surface area contributed by atoms with Gasteiger partial charge >= 0.3 is 5.97 Å². The maximum absolute atomic E-state index is 12.7. The van der Waals surface area contributed by atoms with Crippen molar-refractivity contribution >= 4 is 22.6 Å². The van der Waals surface area contributed by atoms with Crippen LogP contribution in [0.25, 0.3) is 16.7 Å². The van der Waals surface area contributed by atoms with Gasteiger partial charge in [-0.3, -0.25) is 9.20 Å². The zero-order chi connectivity index (χ0) is 17.4. The van der Waals surface area contributed by atoms with E-state index in [1.54, 1.807) is 29.0 Å². The molecular formula is C19H15N3O3. The number of carbonyl (C=O) groups is 1. The molecule has 6 nitrogen and oxygen atoms in total. The molecule has 25 heavy (non-hydrogen) atoms. The number of aryl methyl sites for hydroxylation is 2. The van der Waals surface area contributed by atoms with Crippen molar-refractivity contribution in [3.63, 3.8) is 0 Å². The summed E-state index contributed by atoms with van der Waals surface area (Å²) in [6.45, 7) is 0.435. The molecule has 1 aromatic carbocycles. The molecule has 6 heteroatoms. The number of fused-ring (bicyclic) bond motifs is 2. The third-order valence-corrected chi connectivity index (χ3v) is 4.26. The number of benzene rings is 1. The fourth-order valence-corrected chi connectivity index (χ4v) is 3.04. The zero-order valence-electron chi connectivity index (χ0n) is 13.3. The molecule has 0 saturated carbocycles. The van der Waals surface area contributed by atoms with Crippen LogP contribution in [-0.2, 0) is 13.0 Å². The van der Waals surface area contributed by atoms with Crippen LogP contribution < -0.4 is 5.56 Å². The largest absolute Gasteiger partial charge is 0.477 e. The van der Waals surface area contributed by atoms with Gasteiger partial charge in [-0.2, -0.15) is 0 Å². The summed E-state index contributed by atoms with van der Waals surface area (Å²) >= 11 is 0. The molecule has 3 heterocycles. The number of aromatic nitrogens is 3. The van der Waals surface area contributed by atoms with Gasteiger partial charge in [0.15, 0.2) is 0 Å². The first-order valence-electron chi connectivity index (χ1n) is 7.93. The Kier molecular flexibility index (Phi) is 3.57. The van der Waals surface area contributed by atoms with Gasteiger partial charge in [-0.25, -0.2) is 9.78 Å². The molecule has 0 bridgehead atoms. The summed E-state index contributed by atoms with van der Waals surface area (Å²) in [5, 5.41) is 9.85. The molecule has 1 N–H and O–H groups in total. The monoisotopic (exact) mass is 333 g/mol. The number of hydrogen-bond acceptors (Lipinski definition) is 3. The second kappa shape index (κ2) is 5.90. The normalized spacial score (nSPS) is 11.2. The van der Waals surface area contributed by atoms with Gasteiger partial charge in [0.25, 0.3) is 5.56 Å². The molecule has 0 radical (unpaired) electrons. The summed E-state index contributed by atoms with van der Waals surface area (Å²) in [7, 11) is 0. The highest BCUT2D eigenvalue weighted by atomic mass is 16.4. The lowest BCUT2D eigenvalue weighted by Gasteiger charge is -2.08. The molecule has 0 amide bonds. The van der Waals surface area contributed by atoms with Crippen molar-refractivity contribution in [3.05, 3.63) is 82.4 Å². The van der Waals surface area contributed by atoms with Gasteiger partial charge in [0.05, 0.1) is 5.39 Å². The lowest BCUT2D eigenvalue weighted by molar-refractivity contribution is 0.0685. The van der Waals surface area contributed by atoms with Crippen LogP contribution in [0.4, 0.5) is 0 Å². The minimum Gasteiger partial charge on any atom is -0.477 e. The summed E-state index contributed by atoms with van der Waals surface area (Å²) in [5.41, 5.74) is 1.81. The van der Waals surface area contributed by atoms with E-state index in [0.717, 1.165) is 5.56 Å². The Labute approximate surface area is 142 Å². The number of hydrogen-bond donors (Lipinski definition) is 1. The summed E-state index contributed by atoms with van der Waals surface area (Å²) in [4.78, 5) is 28.8. The third kappa shape index (κ3) is 2.57. The number of carboxylic acids is 1. The van der Waals surface area contributed by atoms with Crippen molar-refractivity contribution in [1.29, 1.82) is 0 Å². The Balaban J connectivity index is 1.90. The number of carboxylic acid groups (broad SMARTS) is 1. The summed E-state index contributed by atoms with van der Waals surface area (Å²) < 4.78 is 3.04. The predicted molar refractivity (Wildman–Crippen MR) is 94.1 cm³/mol. The molecule has 0 aliphatic heterocycles. The molecule has 0 unspecified atom stereocenters. The van der Waals surface area contributed by atoms with Gasteiger partial charge in [-0.15, -0.1) is 0 Å². The van der Waals surface area contributed by atoms with E-state index in [4.69, 9.17) is 0 Å². The van der Waals surface area contributed by atoms with E-state index in [1.165, 1.54) is 10.5 Å². The minimum atomic E-state index is -1.07. The van der Waals surface area contributed by atoms with Crippen LogP contribution in [0.1, 0.15) is 16.1 Å². The Hall–Kier alpha value is -3.41. The fraction of sp³-hybridized carbons (Fsp3) is 0.105. The zero-order valence-corrected chi connectivity index (χ0v) is 13.3. The fourth-order valence-electron chi connectivity index (χ4n) is 3.04. The second-order valence-electron chi connectivity index (χ2n) is 5.81. The average Bonchev–Trinajstić information content (AvgIpc) is 3.00. The van der Waals surface area contributed by atoms with E-state index in [1.807, 2.05) is 30.3 Å². The van der Waals surface area contributed by atoms with Crippen molar-refractivity contribution in [2.45, 2.75) is 13.0 Å². The standard InChI is InChI=1S/C19H15N3O3/c23-18-14-12-15(19(24)25)21(11-9-13-6-2-1-3-7-13)17(14)20-16-8-4-5-10-22(16)18/h1-8,10,12H,9,11H2,(H,24,25). The molecule has 124 valence electrons. The molecule has 0 saturated heterocycles. The van der Waals surface area contributed by atoms with Gasteiger partial charge in [0.2, 0.25) is 0 Å². The van der Waals surface area contributed by atoms with Crippen molar-refractivity contribution in [2.24, 2.45) is 0 Å². The van der Waals surface area contributed by atoms with E-state index in [2.05, 4.69) is 4.98 Å². The number of aromatic carboxylic acids is 1. The maximum atomic E-state index is 12.7. The van der Waals surface area contributed by atoms with E-state index in [0.29, 0.717) is 29.6 Å². The van der Waals surface area contributed by atoms with Gasteiger partial charge in [-0.1, -0.05) is 36.4 Å². The highest BCUT2D eigenvalue weighted by Crippen LogP contribution is 2.17. The van der Waals surface area contributed by atoms with Gasteiger partial charge in [0, 0.05) is 12.7 Å². The average molecular weight is 333 g/mol. The number of rotatable bonds is 4. The van der Waals surface area contributed by atoms with Gasteiger partial charge in [0.1, 0.15) is 17.0 Å². The lowest BCUT2D eigenvalue weighted by atomic mass is 10.1. The summed E-state index contributed by atoms with van der Waals surface area (Å²) in [6.07, 6.45) is 2.28. The van der Waals surface area contributed by atoms with E-state index >= 15 is 0 Å². The highest BCUT2D eigenvalue weighted by molar-refractivity contribution is 5.93. The molecule has 3 aromatic heterocycles. The molecule has 0 atom stereocenters. The SMILES string of the molecule is O=C(O)c1cc2c(=O)n3ccccc3nc2n1CCc1ccccc1. The van der Waals surface area contributed by atoms with Crippen LogP contribution in [0.3, 0.4) is 0 Å². The van der Waals surface area contributed by atoms with Gasteiger partial charge < -0.3 is 9.67 Å². The van der Waals surface area contributed by atoms with Crippen LogP contribution in [-0.4, -0.2) is 25.0 Å².